The number of fused-ring (bicyclic) bond motifs is 2. The van der Waals surface area contributed by atoms with E-state index in [4.69, 9.17) is 16.3 Å². The van der Waals surface area contributed by atoms with Crippen LogP contribution in [0.5, 0.6) is 5.88 Å². The zero-order chi connectivity index (χ0) is 26.5. The molecular formula is C23H26ClF3N4O4S. The molecule has 2 bridgehead atoms. The van der Waals surface area contributed by atoms with Gasteiger partial charge in [0.05, 0.1) is 10.5 Å². The Bertz CT molecular complexity index is 1240. The number of halogens is 4. The van der Waals surface area contributed by atoms with Gasteiger partial charge in [0.1, 0.15) is 10.8 Å². The Morgan fingerprint density at radius 3 is 2.28 bits per heavy atom. The highest BCUT2D eigenvalue weighted by molar-refractivity contribution is 7.90. The molecule has 1 amide bonds. The first-order chi connectivity index (χ1) is 16.6. The second-order valence-corrected chi connectivity index (χ2v) is 12.1. The van der Waals surface area contributed by atoms with Crippen LogP contribution in [0.25, 0.3) is 0 Å². The van der Waals surface area contributed by atoms with Crippen molar-refractivity contribution < 1.29 is 31.1 Å². The van der Waals surface area contributed by atoms with Crippen molar-refractivity contribution in [2.24, 2.45) is 0 Å². The maximum atomic E-state index is 13.0. The number of carbonyl (C=O) groups is 1. The highest BCUT2D eigenvalue weighted by Crippen LogP contribution is 2.39. The Morgan fingerprint density at radius 1 is 1.14 bits per heavy atom. The molecule has 0 aliphatic carbocycles. The lowest BCUT2D eigenvalue weighted by Crippen LogP contribution is -2.55. The molecule has 2 aromatic rings. The number of alkyl halides is 3. The van der Waals surface area contributed by atoms with E-state index in [1.807, 2.05) is 0 Å². The van der Waals surface area contributed by atoms with Crippen molar-refractivity contribution >= 4 is 33.2 Å². The van der Waals surface area contributed by atoms with Gasteiger partial charge in [-0.25, -0.2) is 18.4 Å². The van der Waals surface area contributed by atoms with E-state index in [1.54, 1.807) is 12.1 Å². The molecule has 4 rings (SSSR count). The van der Waals surface area contributed by atoms with Crippen molar-refractivity contribution in [3.8, 4) is 5.88 Å². The number of piperidine rings is 1. The zero-order valence-electron chi connectivity index (χ0n) is 19.8. The van der Waals surface area contributed by atoms with Crippen LogP contribution in [-0.2, 0) is 20.8 Å². The Hall–Kier alpha value is -2.60. The third-order valence-corrected chi connectivity index (χ3v) is 7.88. The summed E-state index contributed by atoms with van der Waals surface area (Å²) in [4.78, 5) is 23.4. The van der Waals surface area contributed by atoms with Crippen LogP contribution in [0.1, 0.15) is 45.1 Å². The van der Waals surface area contributed by atoms with E-state index in [0.717, 1.165) is 19.1 Å². The van der Waals surface area contributed by atoms with Gasteiger partial charge in [-0.05, 0) is 57.7 Å². The molecule has 0 aromatic carbocycles. The highest BCUT2D eigenvalue weighted by Gasteiger charge is 2.43. The summed E-state index contributed by atoms with van der Waals surface area (Å²) in [6, 6.07) is 4.08. The molecule has 2 fully saturated rings. The maximum Gasteiger partial charge on any atom is 0.417 e. The first-order valence-electron chi connectivity index (χ1n) is 11.3. The third-order valence-electron chi connectivity index (χ3n) is 6.52. The fraction of sp³-hybridized carbons (Fsp3) is 0.522. The van der Waals surface area contributed by atoms with Gasteiger partial charge in [-0.1, -0.05) is 11.6 Å². The number of hydrogen-bond acceptors (Lipinski definition) is 7. The van der Waals surface area contributed by atoms with Gasteiger partial charge in [0.15, 0.2) is 15.4 Å². The van der Waals surface area contributed by atoms with Gasteiger partial charge >= 0.3 is 6.18 Å². The molecule has 0 spiro atoms. The molecular weight excluding hydrogens is 521 g/mol. The molecule has 4 heterocycles. The van der Waals surface area contributed by atoms with Gasteiger partial charge in [0.25, 0.3) is 5.91 Å². The average molecular weight is 547 g/mol. The number of pyridine rings is 2. The Labute approximate surface area is 212 Å². The summed E-state index contributed by atoms with van der Waals surface area (Å²) in [5.41, 5.74) is -2.44. The molecule has 2 aromatic heterocycles. The number of anilines is 1. The molecule has 0 saturated carbocycles. The molecule has 13 heteroatoms. The van der Waals surface area contributed by atoms with Gasteiger partial charge in [0, 0.05) is 36.8 Å². The molecule has 196 valence electrons. The van der Waals surface area contributed by atoms with Crippen molar-refractivity contribution in [3.63, 3.8) is 0 Å². The number of nitrogens with zero attached hydrogens (tertiary/aromatic N) is 3. The number of sulfone groups is 1. The molecule has 3 atom stereocenters. The van der Waals surface area contributed by atoms with E-state index >= 15 is 0 Å². The van der Waals surface area contributed by atoms with Crippen molar-refractivity contribution in [1.29, 1.82) is 0 Å². The molecule has 2 aliphatic rings. The van der Waals surface area contributed by atoms with Gasteiger partial charge in [0.2, 0.25) is 5.88 Å². The lowest BCUT2D eigenvalue weighted by atomic mass is 9.96. The number of carbonyl (C=O) groups excluding carboxylic acids is 1. The van der Waals surface area contributed by atoms with E-state index in [2.05, 4.69) is 20.2 Å². The summed E-state index contributed by atoms with van der Waals surface area (Å²) >= 11 is 5.93. The highest BCUT2D eigenvalue weighted by atomic mass is 35.5. The minimum Gasteiger partial charge on any atom is -0.460 e. The number of rotatable bonds is 6. The third kappa shape index (κ3) is 5.54. The van der Waals surface area contributed by atoms with Crippen LogP contribution >= 0.6 is 11.6 Å². The van der Waals surface area contributed by atoms with Crippen molar-refractivity contribution in [3.05, 3.63) is 41.2 Å². The molecule has 1 N–H and O–H groups in total. The summed E-state index contributed by atoms with van der Waals surface area (Å²) < 4.78 is 67.6. The smallest absolute Gasteiger partial charge is 0.417 e. The molecule has 1 unspecified atom stereocenters. The molecule has 2 aliphatic heterocycles. The molecule has 2 saturated heterocycles. The van der Waals surface area contributed by atoms with Crippen molar-refractivity contribution in [2.75, 3.05) is 11.2 Å². The predicted molar refractivity (Wildman–Crippen MR) is 127 cm³/mol. The topological polar surface area (TPSA) is 101 Å². The van der Waals surface area contributed by atoms with E-state index in [1.165, 1.54) is 20.0 Å². The normalized spacial score (nSPS) is 22.4. The Morgan fingerprint density at radius 2 is 1.78 bits per heavy atom. The van der Waals surface area contributed by atoms with E-state index in [9.17, 15) is 26.4 Å². The molecule has 8 nitrogen and oxygen atoms in total. The van der Waals surface area contributed by atoms with Crippen LogP contribution in [0.2, 0.25) is 5.02 Å². The fourth-order valence-corrected chi connectivity index (χ4v) is 5.48. The number of hydrogen-bond donors (Lipinski definition) is 1. The average Bonchev–Trinajstić information content (AvgIpc) is 3.04. The maximum absolute atomic E-state index is 13.0. The van der Waals surface area contributed by atoms with Crippen molar-refractivity contribution in [2.45, 2.75) is 74.3 Å². The van der Waals surface area contributed by atoms with Crippen LogP contribution in [0, 0.1) is 0 Å². The van der Waals surface area contributed by atoms with Crippen LogP contribution in [0.4, 0.5) is 19.0 Å². The number of aromatic nitrogens is 2. The first-order valence-corrected chi connectivity index (χ1v) is 13.6. The lowest BCUT2D eigenvalue weighted by molar-refractivity contribution is -0.138. The molecule has 0 radical (unpaired) electrons. The van der Waals surface area contributed by atoms with E-state index in [-0.39, 0.29) is 33.9 Å². The summed E-state index contributed by atoms with van der Waals surface area (Å²) in [5.74, 6) is 0.00317. The van der Waals surface area contributed by atoms with Crippen LogP contribution in [0.15, 0.2) is 35.5 Å². The predicted octanol–water partition coefficient (Wildman–Crippen LogP) is 4.03. The summed E-state index contributed by atoms with van der Waals surface area (Å²) in [6.45, 7) is 2.99. The SMILES string of the molecule is CC(C)(Oc1ncc(C(F)(F)F)cc1Cl)C(=O)NC1C[C@H]2CC[C@@H](C1)N2c1ccc(S(C)(=O)=O)cn1. The number of nitrogens with one attached hydrogen (secondary N) is 1. The monoisotopic (exact) mass is 546 g/mol. The Kier molecular flexibility index (Phi) is 6.89. The number of ether oxygens (including phenoxy) is 1. The van der Waals surface area contributed by atoms with Crippen molar-refractivity contribution in [1.82, 2.24) is 15.3 Å². The largest absolute Gasteiger partial charge is 0.460 e. The first kappa shape index (κ1) is 26.5. The zero-order valence-corrected chi connectivity index (χ0v) is 21.4. The van der Waals surface area contributed by atoms with Gasteiger partial charge in [-0.15, -0.1) is 0 Å². The quantitative estimate of drug-likeness (QED) is 0.584. The van der Waals surface area contributed by atoms with Gasteiger partial charge in [-0.2, -0.15) is 13.2 Å². The van der Waals surface area contributed by atoms with E-state index < -0.39 is 33.1 Å². The van der Waals surface area contributed by atoms with Crippen LogP contribution in [-0.4, -0.2) is 54.3 Å². The fourth-order valence-electron chi connectivity index (χ4n) is 4.72. The Balaban J connectivity index is 1.40. The standard InChI is InChI=1S/C23H26ClF3N4O4S/c1-22(2,35-20-18(24)8-13(11-29-20)23(25,26)27)21(32)30-14-9-15-4-5-16(10-14)31(15)19-7-6-17(12-28-19)36(3,33)34/h6-8,11-12,14-16H,4-5,9-10H2,1-3H3,(H,30,32)/t14?,15-,16+. The second-order valence-electron chi connectivity index (χ2n) is 9.68. The summed E-state index contributed by atoms with van der Waals surface area (Å²) in [7, 11) is -3.34. The van der Waals surface area contributed by atoms with Crippen LogP contribution < -0.4 is 15.0 Å². The lowest BCUT2D eigenvalue weighted by Gasteiger charge is -2.40. The number of amides is 1. The summed E-state index contributed by atoms with van der Waals surface area (Å²) in [6.07, 6.45) is 1.66. The van der Waals surface area contributed by atoms with Crippen LogP contribution in [0.3, 0.4) is 0 Å². The minimum atomic E-state index is -4.60. The second kappa shape index (κ2) is 9.37. The minimum absolute atomic E-state index is 0.126. The van der Waals surface area contributed by atoms with E-state index in [0.29, 0.717) is 30.9 Å². The molecule has 36 heavy (non-hydrogen) atoms. The summed E-state index contributed by atoms with van der Waals surface area (Å²) in [5, 5.41) is 2.65. The van der Waals surface area contributed by atoms with Gasteiger partial charge < -0.3 is 15.0 Å². The van der Waals surface area contributed by atoms with Gasteiger partial charge in [-0.3, -0.25) is 4.79 Å².